The maximum absolute atomic E-state index is 4.94. The summed E-state index contributed by atoms with van der Waals surface area (Å²) in [6.45, 7) is 4.97. The minimum Gasteiger partial charge on any atom is -0.304 e. The third kappa shape index (κ3) is 5.35. The molecule has 0 bridgehead atoms. The molecule has 0 heterocycles. The van der Waals surface area contributed by atoms with E-state index in [1.54, 1.807) is 0 Å². The van der Waals surface area contributed by atoms with Crippen LogP contribution in [0.3, 0.4) is 0 Å². The lowest BCUT2D eigenvalue weighted by molar-refractivity contribution is 0.143. The topological polar surface area (TPSA) is 35.2 Å². The highest BCUT2D eigenvalue weighted by Crippen LogP contribution is 2.23. The van der Waals surface area contributed by atoms with Gasteiger partial charge in [0.05, 0.1) is 6.61 Å². The Balaban J connectivity index is 2.47. The normalized spacial score (nSPS) is 11.5. The molecule has 0 saturated carbocycles. The van der Waals surface area contributed by atoms with Crippen molar-refractivity contribution in [3.63, 3.8) is 0 Å². The van der Waals surface area contributed by atoms with Crippen molar-refractivity contribution in [3.05, 3.63) is 35.9 Å². The molecule has 0 radical (unpaired) electrons. The highest BCUT2D eigenvalue weighted by atomic mass is 32.2. The van der Waals surface area contributed by atoms with Crippen LogP contribution in [0, 0.1) is 0 Å². The average Bonchev–Trinajstić information content (AvgIpc) is 2.26. The molecule has 0 aliphatic carbocycles. The quantitative estimate of drug-likeness (QED) is 0.467. The minimum atomic E-state index is 0.567. The first-order valence-corrected chi connectivity index (χ1v) is 6.35. The van der Waals surface area contributed by atoms with E-state index in [2.05, 4.69) is 55.1 Å². The molecule has 0 atom stereocenters. The number of rotatable bonds is 6. The molecule has 0 unspecified atom stereocenters. The maximum Gasteiger partial charge on any atom is 0.0713 e. The fourth-order valence-corrected chi connectivity index (χ4v) is 2.12. The SMILES string of the molecule is CC(C)Sc1ccc(/C=C/CCON)cc1. The number of hydrogen-bond acceptors (Lipinski definition) is 3. The minimum absolute atomic E-state index is 0.567. The van der Waals surface area contributed by atoms with Gasteiger partial charge in [-0.1, -0.05) is 38.1 Å². The third-order valence-corrected chi connectivity index (χ3v) is 2.98. The summed E-state index contributed by atoms with van der Waals surface area (Å²) in [7, 11) is 0. The molecule has 0 fully saturated rings. The summed E-state index contributed by atoms with van der Waals surface area (Å²) in [4.78, 5) is 5.81. The zero-order valence-corrected chi connectivity index (χ0v) is 10.7. The second-order valence-corrected chi connectivity index (χ2v) is 5.45. The first-order valence-electron chi connectivity index (χ1n) is 5.47. The standard InChI is InChI=1S/C13H19NOS/c1-11(2)16-13-8-6-12(7-9-13)5-3-4-10-15-14/h3,5-9,11H,4,10,14H2,1-2H3/b5-3+. The molecule has 0 saturated heterocycles. The van der Waals surface area contributed by atoms with E-state index in [-0.39, 0.29) is 0 Å². The third-order valence-electron chi connectivity index (χ3n) is 1.96. The van der Waals surface area contributed by atoms with Gasteiger partial charge in [0.15, 0.2) is 0 Å². The molecule has 3 heteroatoms. The van der Waals surface area contributed by atoms with Gasteiger partial charge in [-0.3, -0.25) is 0 Å². The van der Waals surface area contributed by atoms with Crippen LogP contribution < -0.4 is 5.90 Å². The molecule has 0 aromatic heterocycles. The van der Waals surface area contributed by atoms with E-state index in [9.17, 15) is 0 Å². The van der Waals surface area contributed by atoms with Gasteiger partial charge in [0.1, 0.15) is 0 Å². The van der Waals surface area contributed by atoms with Crippen LogP contribution in [0.5, 0.6) is 0 Å². The first kappa shape index (κ1) is 13.3. The van der Waals surface area contributed by atoms with E-state index in [1.165, 1.54) is 10.5 Å². The number of benzene rings is 1. The summed E-state index contributed by atoms with van der Waals surface area (Å²) >= 11 is 1.88. The molecule has 1 rings (SSSR count). The predicted octanol–water partition coefficient (Wildman–Crippen LogP) is 3.48. The van der Waals surface area contributed by atoms with E-state index >= 15 is 0 Å². The number of nitrogens with two attached hydrogens (primary N) is 1. The smallest absolute Gasteiger partial charge is 0.0713 e. The van der Waals surface area contributed by atoms with Gasteiger partial charge >= 0.3 is 0 Å². The molecule has 0 aliphatic heterocycles. The summed E-state index contributed by atoms with van der Waals surface area (Å²) in [6, 6.07) is 8.57. The van der Waals surface area contributed by atoms with Gasteiger partial charge in [-0.2, -0.15) is 0 Å². The molecule has 0 aliphatic rings. The Labute approximate surface area is 102 Å². The van der Waals surface area contributed by atoms with Crippen LogP contribution in [-0.4, -0.2) is 11.9 Å². The van der Waals surface area contributed by atoms with Crippen LogP contribution in [0.2, 0.25) is 0 Å². The van der Waals surface area contributed by atoms with Crippen molar-refractivity contribution in [2.24, 2.45) is 5.90 Å². The molecular formula is C13H19NOS. The van der Waals surface area contributed by atoms with Gasteiger partial charge in [-0.25, -0.2) is 5.90 Å². The Morgan fingerprint density at radius 2 is 2.00 bits per heavy atom. The number of thioether (sulfide) groups is 1. The van der Waals surface area contributed by atoms with E-state index in [0.29, 0.717) is 11.9 Å². The summed E-state index contributed by atoms with van der Waals surface area (Å²) < 4.78 is 0. The maximum atomic E-state index is 4.94. The van der Waals surface area contributed by atoms with Crippen molar-refractivity contribution in [2.45, 2.75) is 30.4 Å². The summed E-state index contributed by atoms with van der Waals surface area (Å²) in [5.41, 5.74) is 1.21. The van der Waals surface area contributed by atoms with Gasteiger partial charge in [0, 0.05) is 10.1 Å². The Kier molecular flexibility index (Phi) is 6.23. The van der Waals surface area contributed by atoms with Crippen LogP contribution in [0.15, 0.2) is 35.2 Å². The van der Waals surface area contributed by atoms with Crippen molar-refractivity contribution in [2.75, 3.05) is 6.61 Å². The molecule has 16 heavy (non-hydrogen) atoms. The Bertz CT molecular complexity index is 319. The van der Waals surface area contributed by atoms with Crippen LogP contribution in [0.25, 0.3) is 6.08 Å². The predicted molar refractivity (Wildman–Crippen MR) is 71.2 cm³/mol. The lowest BCUT2D eigenvalue weighted by atomic mass is 10.2. The van der Waals surface area contributed by atoms with Crippen molar-refractivity contribution in [3.8, 4) is 0 Å². The van der Waals surface area contributed by atoms with Gasteiger partial charge in [-0.15, -0.1) is 11.8 Å². The van der Waals surface area contributed by atoms with Crippen LogP contribution in [-0.2, 0) is 4.84 Å². The van der Waals surface area contributed by atoms with Crippen molar-refractivity contribution >= 4 is 17.8 Å². The summed E-state index contributed by atoms with van der Waals surface area (Å²) in [5, 5.41) is 0.628. The van der Waals surface area contributed by atoms with E-state index in [1.807, 2.05) is 11.8 Å². The Hall–Kier alpha value is -0.770. The van der Waals surface area contributed by atoms with Crippen LogP contribution in [0.1, 0.15) is 25.8 Å². The lowest BCUT2D eigenvalue weighted by Crippen LogP contribution is -1.98. The van der Waals surface area contributed by atoms with Crippen LogP contribution >= 0.6 is 11.8 Å². The zero-order chi connectivity index (χ0) is 11.8. The molecule has 2 N–H and O–H groups in total. The lowest BCUT2D eigenvalue weighted by Gasteiger charge is -2.04. The Morgan fingerprint density at radius 3 is 2.56 bits per heavy atom. The van der Waals surface area contributed by atoms with E-state index in [4.69, 9.17) is 5.90 Å². The fraction of sp³-hybridized carbons (Fsp3) is 0.385. The largest absolute Gasteiger partial charge is 0.304 e. The van der Waals surface area contributed by atoms with Gasteiger partial charge in [0.2, 0.25) is 0 Å². The van der Waals surface area contributed by atoms with E-state index in [0.717, 1.165) is 6.42 Å². The molecule has 88 valence electrons. The summed E-state index contributed by atoms with van der Waals surface area (Å²) in [6.07, 6.45) is 5.00. The number of hydrogen-bond donors (Lipinski definition) is 1. The van der Waals surface area contributed by atoms with Gasteiger partial charge in [0.25, 0.3) is 0 Å². The highest BCUT2D eigenvalue weighted by molar-refractivity contribution is 7.99. The molecule has 1 aromatic rings. The van der Waals surface area contributed by atoms with Gasteiger partial charge < -0.3 is 4.84 Å². The van der Waals surface area contributed by atoms with E-state index < -0.39 is 0 Å². The molecule has 1 aromatic carbocycles. The second-order valence-electron chi connectivity index (χ2n) is 3.80. The molecule has 0 spiro atoms. The Morgan fingerprint density at radius 1 is 1.31 bits per heavy atom. The monoisotopic (exact) mass is 237 g/mol. The molecule has 0 amide bonds. The summed E-state index contributed by atoms with van der Waals surface area (Å²) in [5.74, 6) is 4.94. The fourth-order valence-electron chi connectivity index (χ4n) is 1.29. The highest BCUT2D eigenvalue weighted by Gasteiger charge is 1.96. The first-order chi connectivity index (χ1) is 7.72. The molecule has 2 nitrogen and oxygen atoms in total. The van der Waals surface area contributed by atoms with Crippen molar-refractivity contribution < 1.29 is 4.84 Å². The van der Waals surface area contributed by atoms with Crippen molar-refractivity contribution in [1.29, 1.82) is 0 Å². The molecular weight excluding hydrogens is 218 g/mol. The van der Waals surface area contributed by atoms with Crippen LogP contribution in [0.4, 0.5) is 0 Å². The zero-order valence-electron chi connectivity index (χ0n) is 9.85. The van der Waals surface area contributed by atoms with Gasteiger partial charge in [-0.05, 0) is 24.1 Å². The van der Waals surface area contributed by atoms with Crippen molar-refractivity contribution in [1.82, 2.24) is 0 Å². The second kappa shape index (κ2) is 7.49. The average molecular weight is 237 g/mol.